The van der Waals surface area contributed by atoms with E-state index in [-0.39, 0.29) is 11.6 Å². The van der Waals surface area contributed by atoms with Crippen LogP contribution >= 0.6 is 0 Å². The normalized spacial score (nSPS) is 18.2. The van der Waals surface area contributed by atoms with Crippen LogP contribution in [0, 0.1) is 0 Å². The van der Waals surface area contributed by atoms with E-state index in [2.05, 4.69) is 88.2 Å². The molecule has 1 heterocycles. The molecule has 2 heteroatoms. The average molecular weight is 355 g/mol. The van der Waals surface area contributed by atoms with Gasteiger partial charge in [0.05, 0.1) is 0 Å². The summed E-state index contributed by atoms with van der Waals surface area (Å²) in [4.78, 5) is 2.59. The molecular formula is C24H38N2. The first-order valence-corrected chi connectivity index (χ1v) is 10.3. The van der Waals surface area contributed by atoms with Crippen LogP contribution < -0.4 is 5.32 Å². The summed E-state index contributed by atoms with van der Waals surface area (Å²) >= 11 is 0. The Morgan fingerprint density at radius 2 is 1.77 bits per heavy atom. The zero-order valence-electron chi connectivity index (χ0n) is 17.7. The predicted octanol–water partition coefficient (Wildman–Crippen LogP) is 6.51. The van der Waals surface area contributed by atoms with Crippen LogP contribution in [0.5, 0.6) is 0 Å². The Hall–Kier alpha value is -1.54. The summed E-state index contributed by atoms with van der Waals surface area (Å²) in [5, 5.41) is 3.80. The molecule has 1 aromatic rings. The van der Waals surface area contributed by atoms with E-state index in [9.17, 15) is 0 Å². The van der Waals surface area contributed by atoms with Crippen LogP contribution in [0.1, 0.15) is 72.8 Å². The fourth-order valence-corrected chi connectivity index (χ4v) is 3.68. The molecule has 0 bridgehead atoms. The summed E-state index contributed by atoms with van der Waals surface area (Å²) < 4.78 is 0. The average Bonchev–Trinajstić information content (AvgIpc) is 3.13. The van der Waals surface area contributed by atoms with E-state index in [1.165, 1.54) is 54.7 Å². The first kappa shape index (κ1) is 20.8. The van der Waals surface area contributed by atoms with Gasteiger partial charge in [-0.05, 0) is 61.8 Å². The largest absolute Gasteiger partial charge is 0.366 e. The minimum Gasteiger partial charge on any atom is -0.366 e. The number of likely N-dealkylation sites (tertiary alicyclic amines) is 1. The van der Waals surface area contributed by atoms with Crippen molar-refractivity contribution in [1.29, 1.82) is 0 Å². The Morgan fingerprint density at radius 3 is 2.27 bits per heavy atom. The topological polar surface area (TPSA) is 15.3 Å². The van der Waals surface area contributed by atoms with Crippen molar-refractivity contribution in [1.82, 2.24) is 4.90 Å². The van der Waals surface area contributed by atoms with Crippen molar-refractivity contribution in [3.8, 4) is 0 Å². The molecule has 0 radical (unpaired) electrons. The van der Waals surface area contributed by atoms with Gasteiger partial charge in [-0.2, -0.15) is 0 Å². The molecule has 0 aliphatic carbocycles. The van der Waals surface area contributed by atoms with E-state index in [1.54, 1.807) is 0 Å². The molecule has 0 amide bonds. The zero-order chi connectivity index (χ0) is 19.2. The van der Waals surface area contributed by atoms with Crippen molar-refractivity contribution in [3.05, 3.63) is 53.1 Å². The van der Waals surface area contributed by atoms with Gasteiger partial charge in [0.25, 0.3) is 0 Å². The predicted molar refractivity (Wildman–Crippen MR) is 116 cm³/mol. The van der Waals surface area contributed by atoms with E-state index in [4.69, 9.17) is 0 Å². The molecule has 1 fully saturated rings. The molecule has 0 spiro atoms. The second kappa shape index (κ2) is 9.41. The third-order valence-corrected chi connectivity index (χ3v) is 5.31. The number of allylic oxidation sites excluding steroid dienone is 3. The smallest absolute Gasteiger partial charge is 0.102 e. The number of hydrogen-bond donors (Lipinski definition) is 1. The molecule has 144 valence electrons. The van der Waals surface area contributed by atoms with Gasteiger partial charge in [-0.15, -0.1) is 0 Å². The quantitative estimate of drug-likeness (QED) is 0.561. The summed E-state index contributed by atoms with van der Waals surface area (Å²) in [7, 11) is 0. The maximum Gasteiger partial charge on any atom is 0.102 e. The van der Waals surface area contributed by atoms with Crippen molar-refractivity contribution < 1.29 is 0 Å². The Morgan fingerprint density at radius 1 is 1.15 bits per heavy atom. The molecule has 26 heavy (non-hydrogen) atoms. The molecule has 1 atom stereocenters. The summed E-state index contributed by atoms with van der Waals surface area (Å²) in [5.41, 5.74) is 5.64. The highest BCUT2D eigenvalue weighted by Crippen LogP contribution is 2.26. The lowest BCUT2D eigenvalue weighted by atomic mass is 9.87. The fourth-order valence-electron chi connectivity index (χ4n) is 3.68. The van der Waals surface area contributed by atoms with Gasteiger partial charge < -0.3 is 5.32 Å². The number of anilines is 1. The molecule has 2 rings (SSSR count). The van der Waals surface area contributed by atoms with Crippen LogP contribution in [0.3, 0.4) is 0 Å². The van der Waals surface area contributed by atoms with Crippen LogP contribution in [0.25, 0.3) is 0 Å². The zero-order valence-corrected chi connectivity index (χ0v) is 17.7. The molecule has 1 N–H and O–H groups in total. The molecule has 1 saturated heterocycles. The molecular weight excluding hydrogens is 316 g/mol. The van der Waals surface area contributed by atoms with Gasteiger partial charge in [0, 0.05) is 18.8 Å². The second-order valence-corrected chi connectivity index (χ2v) is 8.62. The van der Waals surface area contributed by atoms with Crippen molar-refractivity contribution in [2.75, 3.05) is 18.4 Å². The molecule has 1 unspecified atom stereocenters. The SMILES string of the molecule is C/C=C(\C=C(/C)C(Nc1ccc(C(C)(C)C)cc1)N1CCCC1)CCC. The van der Waals surface area contributed by atoms with Gasteiger partial charge in [0.15, 0.2) is 0 Å². The van der Waals surface area contributed by atoms with Crippen LogP contribution in [0.4, 0.5) is 5.69 Å². The monoisotopic (exact) mass is 354 g/mol. The van der Waals surface area contributed by atoms with E-state index >= 15 is 0 Å². The summed E-state index contributed by atoms with van der Waals surface area (Å²) in [6.07, 6.45) is 9.89. The van der Waals surface area contributed by atoms with E-state index in [1.807, 2.05) is 0 Å². The molecule has 2 nitrogen and oxygen atoms in total. The van der Waals surface area contributed by atoms with E-state index in [0.29, 0.717) is 0 Å². The summed E-state index contributed by atoms with van der Waals surface area (Å²) in [5.74, 6) is 0. The molecule has 0 aromatic heterocycles. The number of rotatable bonds is 7. The third kappa shape index (κ3) is 5.74. The molecule has 1 aliphatic heterocycles. The standard InChI is InChI=1S/C24H38N2/c1-7-11-20(8-2)18-19(3)23(26-16-9-10-17-26)25-22-14-12-21(13-15-22)24(4,5)6/h8,12-15,18,23,25H,7,9-11,16-17H2,1-6H3/b19-18+,20-8-. The maximum atomic E-state index is 3.80. The van der Waals surface area contributed by atoms with Gasteiger partial charge >= 0.3 is 0 Å². The van der Waals surface area contributed by atoms with Crippen LogP contribution in [-0.4, -0.2) is 24.2 Å². The lowest BCUT2D eigenvalue weighted by Gasteiger charge is -2.31. The van der Waals surface area contributed by atoms with Crippen LogP contribution in [0.2, 0.25) is 0 Å². The first-order valence-electron chi connectivity index (χ1n) is 10.3. The van der Waals surface area contributed by atoms with Crippen molar-refractivity contribution in [2.24, 2.45) is 0 Å². The maximum absolute atomic E-state index is 3.80. The highest BCUT2D eigenvalue weighted by atomic mass is 15.3. The van der Waals surface area contributed by atoms with E-state index in [0.717, 1.165) is 6.42 Å². The minimum absolute atomic E-state index is 0.198. The minimum atomic E-state index is 0.198. The Balaban J connectivity index is 2.21. The Bertz CT molecular complexity index is 611. The number of nitrogens with one attached hydrogen (secondary N) is 1. The highest BCUT2D eigenvalue weighted by molar-refractivity contribution is 5.48. The Kier molecular flexibility index (Phi) is 7.52. The van der Waals surface area contributed by atoms with Crippen molar-refractivity contribution in [2.45, 2.75) is 78.8 Å². The molecule has 1 aromatic carbocycles. The Labute approximate surface area is 161 Å². The number of benzene rings is 1. The van der Waals surface area contributed by atoms with Gasteiger partial charge in [-0.25, -0.2) is 0 Å². The van der Waals surface area contributed by atoms with Crippen molar-refractivity contribution in [3.63, 3.8) is 0 Å². The highest BCUT2D eigenvalue weighted by Gasteiger charge is 2.23. The van der Waals surface area contributed by atoms with Gasteiger partial charge in [-0.3, -0.25) is 4.90 Å². The molecule has 0 saturated carbocycles. The van der Waals surface area contributed by atoms with Crippen LogP contribution in [-0.2, 0) is 5.41 Å². The van der Waals surface area contributed by atoms with E-state index < -0.39 is 0 Å². The first-order chi connectivity index (χ1) is 12.3. The van der Waals surface area contributed by atoms with Crippen LogP contribution in [0.15, 0.2) is 47.6 Å². The van der Waals surface area contributed by atoms with Gasteiger partial charge in [0.2, 0.25) is 0 Å². The summed E-state index contributed by atoms with van der Waals surface area (Å²) in [6.45, 7) is 15.8. The lowest BCUT2D eigenvalue weighted by molar-refractivity contribution is 0.296. The fraction of sp³-hybridized carbons (Fsp3) is 0.583. The van der Waals surface area contributed by atoms with Gasteiger partial charge in [-0.1, -0.05) is 64.0 Å². The molecule has 1 aliphatic rings. The number of nitrogens with zero attached hydrogens (tertiary/aromatic N) is 1. The lowest BCUT2D eigenvalue weighted by Crippen LogP contribution is -2.40. The third-order valence-electron chi connectivity index (χ3n) is 5.31. The summed E-state index contributed by atoms with van der Waals surface area (Å²) in [6, 6.07) is 8.99. The second-order valence-electron chi connectivity index (χ2n) is 8.62. The van der Waals surface area contributed by atoms with Gasteiger partial charge in [0.1, 0.15) is 6.17 Å². The van der Waals surface area contributed by atoms with Crippen molar-refractivity contribution >= 4 is 5.69 Å². The number of hydrogen-bond acceptors (Lipinski definition) is 2.